The highest BCUT2D eigenvalue weighted by molar-refractivity contribution is 7.89. The SMILES string of the molecule is Cc1cc(C)c(S(=O)(=O)NCCCN)c(C)c1[N+](=O)[O-]. The minimum absolute atomic E-state index is 0.0215. The van der Waals surface area contributed by atoms with Crippen LogP contribution in [0.5, 0.6) is 0 Å². The second-order valence-electron chi connectivity index (χ2n) is 4.61. The minimum atomic E-state index is -3.78. The minimum Gasteiger partial charge on any atom is -0.330 e. The van der Waals surface area contributed by atoms with Crippen LogP contribution in [-0.2, 0) is 10.0 Å². The number of nitro benzene ring substituents is 1. The highest BCUT2D eigenvalue weighted by atomic mass is 32.2. The van der Waals surface area contributed by atoms with Crippen LogP contribution in [0.15, 0.2) is 11.0 Å². The predicted octanol–water partition coefficient (Wildman–Crippen LogP) is 1.15. The molecule has 0 radical (unpaired) electrons. The second kappa shape index (κ2) is 6.29. The Bertz CT molecular complexity index is 626. The lowest BCUT2D eigenvalue weighted by Gasteiger charge is -2.13. The summed E-state index contributed by atoms with van der Waals surface area (Å²) in [4.78, 5) is 10.5. The molecule has 0 amide bonds. The summed E-state index contributed by atoms with van der Waals surface area (Å²) < 4.78 is 26.9. The first kappa shape index (κ1) is 16.5. The standard InChI is InChI=1S/C12H19N3O4S/c1-8-7-9(2)12(10(3)11(8)15(16)17)20(18,19)14-6-4-5-13/h7,14H,4-6,13H2,1-3H3. The average Bonchev–Trinajstić information content (AvgIpc) is 2.26. The van der Waals surface area contributed by atoms with E-state index in [0.29, 0.717) is 24.1 Å². The topological polar surface area (TPSA) is 115 Å². The van der Waals surface area contributed by atoms with E-state index in [-0.39, 0.29) is 22.7 Å². The van der Waals surface area contributed by atoms with Crippen molar-refractivity contribution in [2.75, 3.05) is 13.1 Å². The Balaban J connectivity index is 3.38. The van der Waals surface area contributed by atoms with Gasteiger partial charge in [0.25, 0.3) is 5.69 Å². The molecule has 1 aromatic carbocycles. The molecule has 0 saturated carbocycles. The van der Waals surface area contributed by atoms with Crippen LogP contribution < -0.4 is 10.5 Å². The van der Waals surface area contributed by atoms with E-state index in [1.165, 1.54) is 13.0 Å². The highest BCUT2D eigenvalue weighted by Gasteiger charge is 2.27. The zero-order chi connectivity index (χ0) is 15.5. The van der Waals surface area contributed by atoms with Crippen molar-refractivity contribution < 1.29 is 13.3 Å². The molecule has 0 atom stereocenters. The van der Waals surface area contributed by atoms with E-state index >= 15 is 0 Å². The molecule has 20 heavy (non-hydrogen) atoms. The number of aryl methyl sites for hydroxylation is 2. The van der Waals surface area contributed by atoms with Gasteiger partial charge in [-0.1, -0.05) is 0 Å². The molecule has 0 unspecified atom stereocenters. The normalized spacial score (nSPS) is 11.6. The Morgan fingerprint density at radius 1 is 1.30 bits per heavy atom. The molecule has 0 spiro atoms. The van der Waals surface area contributed by atoms with Gasteiger partial charge in [-0.2, -0.15) is 0 Å². The van der Waals surface area contributed by atoms with Gasteiger partial charge in [-0.3, -0.25) is 10.1 Å². The molecule has 0 aliphatic heterocycles. The number of nitrogens with zero attached hydrogens (tertiary/aromatic N) is 1. The Labute approximate surface area is 118 Å². The van der Waals surface area contributed by atoms with Crippen molar-refractivity contribution in [3.05, 3.63) is 32.9 Å². The molecular formula is C12H19N3O4S. The number of benzene rings is 1. The van der Waals surface area contributed by atoms with E-state index in [0.717, 1.165) is 0 Å². The lowest BCUT2D eigenvalue weighted by atomic mass is 10.1. The van der Waals surface area contributed by atoms with Crippen LogP contribution in [0, 0.1) is 30.9 Å². The summed E-state index contributed by atoms with van der Waals surface area (Å²) in [5, 5.41) is 11.1. The van der Waals surface area contributed by atoms with E-state index in [9.17, 15) is 18.5 Å². The molecule has 7 nitrogen and oxygen atoms in total. The van der Waals surface area contributed by atoms with Crippen LogP contribution in [0.2, 0.25) is 0 Å². The molecule has 0 fully saturated rings. The molecule has 0 aliphatic rings. The van der Waals surface area contributed by atoms with E-state index in [1.807, 2.05) is 0 Å². The van der Waals surface area contributed by atoms with Crippen molar-refractivity contribution in [2.45, 2.75) is 32.1 Å². The van der Waals surface area contributed by atoms with Crippen LogP contribution in [0.25, 0.3) is 0 Å². The molecule has 3 N–H and O–H groups in total. The summed E-state index contributed by atoms with van der Waals surface area (Å²) in [6.45, 7) is 5.25. The third-order valence-corrected chi connectivity index (χ3v) is 4.73. The van der Waals surface area contributed by atoms with Gasteiger partial charge in [0.15, 0.2) is 0 Å². The molecule has 0 aromatic heterocycles. The fraction of sp³-hybridized carbons (Fsp3) is 0.500. The fourth-order valence-electron chi connectivity index (χ4n) is 2.23. The smallest absolute Gasteiger partial charge is 0.276 e. The fourth-order valence-corrected chi connectivity index (χ4v) is 3.77. The maximum atomic E-state index is 12.3. The molecule has 0 heterocycles. The summed E-state index contributed by atoms with van der Waals surface area (Å²) in [5.41, 5.74) is 6.26. The van der Waals surface area contributed by atoms with Gasteiger partial charge in [-0.25, -0.2) is 13.1 Å². The Hall–Kier alpha value is -1.51. The summed E-state index contributed by atoms with van der Waals surface area (Å²) in [7, 11) is -3.78. The molecule has 0 aliphatic carbocycles. The predicted molar refractivity (Wildman–Crippen MR) is 76.2 cm³/mol. The molecule has 0 saturated heterocycles. The van der Waals surface area contributed by atoms with Gasteiger partial charge in [0, 0.05) is 17.7 Å². The summed E-state index contributed by atoms with van der Waals surface area (Å²) in [6, 6.07) is 1.52. The van der Waals surface area contributed by atoms with Crippen molar-refractivity contribution in [1.82, 2.24) is 4.72 Å². The first-order valence-corrected chi connectivity index (χ1v) is 7.65. The van der Waals surface area contributed by atoms with Crippen molar-refractivity contribution in [2.24, 2.45) is 5.73 Å². The summed E-state index contributed by atoms with van der Waals surface area (Å²) in [5.74, 6) is 0. The number of sulfonamides is 1. The zero-order valence-corrected chi connectivity index (χ0v) is 12.6. The van der Waals surface area contributed by atoms with Crippen molar-refractivity contribution >= 4 is 15.7 Å². The molecule has 112 valence electrons. The van der Waals surface area contributed by atoms with E-state index in [4.69, 9.17) is 5.73 Å². The van der Waals surface area contributed by atoms with Crippen molar-refractivity contribution in [1.29, 1.82) is 0 Å². The lowest BCUT2D eigenvalue weighted by Crippen LogP contribution is -2.27. The Kier molecular flexibility index (Phi) is 5.21. The van der Waals surface area contributed by atoms with Gasteiger partial charge < -0.3 is 5.73 Å². The van der Waals surface area contributed by atoms with Crippen LogP contribution in [0.4, 0.5) is 5.69 Å². The van der Waals surface area contributed by atoms with Crippen LogP contribution >= 0.6 is 0 Å². The second-order valence-corrected chi connectivity index (χ2v) is 6.31. The molecule has 1 rings (SSSR count). The van der Waals surface area contributed by atoms with Crippen molar-refractivity contribution in [3.8, 4) is 0 Å². The zero-order valence-electron chi connectivity index (χ0n) is 11.8. The van der Waals surface area contributed by atoms with Crippen LogP contribution in [0.3, 0.4) is 0 Å². The number of nitrogens with two attached hydrogens (primary N) is 1. The molecular weight excluding hydrogens is 282 g/mol. The van der Waals surface area contributed by atoms with Gasteiger partial charge in [-0.05, 0) is 45.4 Å². The third kappa shape index (κ3) is 3.33. The maximum absolute atomic E-state index is 12.3. The number of nitro groups is 1. The largest absolute Gasteiger partial charge is 0.330 e. The first-order valence-electron chi connectivity index (χ1n) is 6.17. The lowest BCUT2D eigenvalue weighted by molar-refractivity contribution is -0.386. The van der Waals surface area contributed by atoms with Gasteiger partial charge in [0.1, 0.15) is 0 Å². The van der Waals surface area contributed by atoms with Gasteiger partial charge in [-0.15, -0.1) is 0 Å². The van der Waals surface area contributed by atoms with Gasteiger partial charge in [0.05, 0.1) is 9.82 Å². The van der Waals surface area contributed by atoms with Gasteiger partial charge in [0.2, 0.25) is 10.0 Å². The third-order valence-electron chi connectivity index (χ3n) is 2.98. The number of hydrogen-bond acceptors (Lipinski definition) is 5. The highest BCUT2D eigenvalue weighted by Crippen LogP contribution is 2.31. The van der Waals surface area contributed by atoms with Crippen molar-refractivity contribution in [3.63, 3.8) is 0 Å². The number of hydrogen-bond donors (Lipinski definition) is 2. The molecule has 0 bridgehead atoms. The quantitative estimate of drug-likeness (QED) is 0.464. The monoisotopic (exact) mass is 301 g/mol. The summed E-state index contributed by atoms with van der Waals surface area (Å²) >= 11 is 0. The maximum Gasteiger partial charge on any atom is 0.276 e. The Morgan fingerprint density at radius 3 is 2.40 bits per heavy atom. The molecule has 8 heteroatoms. The summed E-state index contributed by atoms with van der Waals surface area (Å²) in [6.07, 6.45) is 0.505. The van der Waals surface area contributed by atoms with Crippen LogP contribution in [0.1, 0.15) is 23.1 Å². The van der Waals surface area contributed by atoms with E-state index in [1.54, 1.807) is 13.8 Å². The number of rotatable bonds is 6. The van der Waals surface area contributed by atoms with Crippen LogP contribution in [-0.4, -0.2) is 26.4 Å². The van der Waals surface area contributed by atoms with Gasteiger partial charge >= 0.3 is 0 Å². The van der Waals surface area contributed by atoms with E-state index in [2.05, 4.69) is 4.72 Å². The average molecular weight is 301 g/mol. The first-order chi connectivity index (χ1) is 9.22. The Morgan fingerprint density at radius 2 is 1.90 bits per heavy atom. The van der Waals surface area contributed by atoms with E-state index < -0.39 is 14.9 Å². The number of nitrogens with one attached hydrogen (secondary N) is 1. The molecule has 1 aromatic rings.